The van der Waals surface area contributed by atoms with E-state index in [4.69, 9.17) is 9.84 Å². The van der Waals surface area contributed by atoms with Gasteiger partial charge in [-0.05, 0) is 35.0 Å². The van der Waals surface area contributed by atoms with Gasteiger partial charge < -0.3 is 14.9 Å². The lowest BCUT2D eigenvalue weighted by molar-refractivity contribution is 0.0693. The van der Waals surface area contributed by atoms with Crippen LogP contribution in [0.3, 0.4) is 0 Å². The van der Waals surface area contributed by atoms with Gasteiger partial charge in [0.15, 0.2) is 0 Å². The van der Waals surface area contributed by atoms with Gasteiger partial charge >= 0.3 is 12.1 Å². The molecule has 6 heteroatoms. The smallest absolute Gasteiger partial charge is 0.417 e. The molecule has 0 spiro atoms. The summed E-state index contributed by atoms with van der Waals surface area (Å²) < 4.78 is 5.20. The topological polar surface area (TPSA) is 95.9 Å². The maximum absolute atomic E-state index is 11.9. The molecule has 3 rings (SSSR count). The monoisotopic (exact) mass is 323 g/mol. The van der Waals surface area contributed by atoms with Crippen LogP contribution >= 0.6 is 0 Å². The highest BCUT2D eigenvalue weighted by molar-refractivity contribution is 5.93. The summed E-state index contributed by atoms with van der Waals surface area (Å²) in [5.41, 5.74) is -0.0215. The van der Waals surface area contributed by atoms with Crippen molar-refractivity contribution in [1.29, 1.82) is 0 Å². The Kier molecular flexibility index (Phi) is 4.03. The average molecular weight is 323 g/mol. The first kappa shape index (κ1) is 15.4. The van der Waals surface area contributed by atoms with E-state index in [-0.39, 0.29) is 11.3 Å². The number of aromatic hydroxyl groups is 1. The highest BCUT2D eigenvalue weighted by atomic mass is 16.6. The molecule has 0 radical (unpaired) electrons. The third-order valence-corrected chi connectivity index (χ3v) is 3.41. The Morgan fingerprint density at radius 2 is 1.67 bits per heavy atom. The minimum Gasteiger partial charge on any atom is -0.507 e. The van der Waals surface area contributed by atoms with Crippen molar-refractivity contribution in [1.82, 2.24) is 0 Å². The minimum atomic E-state index is -1.25. The summed E-state index contributed by atoms with van der Waals surface area (Å²) in [6.45, 7) is 0. The lowest BCUT2D eigenvalue weighted by Crippen LogP contribution is -2.16. The second-order valence-corrected chi connectivity index (χ2v) is 5.06. The first-order valence-corrected chi connectivity index (χ1v) is 7.07. The van der Waals surface area contributed by atoms with Crippen LogP contribution in [0.25, 0.3) is 10.8 Å². The van der Waals surface area contributed by atoms with Gasteiger partial charge in [-0.2, -0.15) is 0 Å². The molecule has 0 atom stereocenters. The number of amides is 1. The van der Waals surface area contributed by atoms with Gasteiger partial charge in [-0.25, -0.2) is 9.59 Å². The molecule has 0 aliphatic heterocycles. The van der Waals surface area contributed by atoms with E-state index in [1.165, 1.54) is 12.1 Å². The number of hydrogen-bond acceptors (Lipinski definition) is 4. The number of carboxylic acid groups (broad SMARTS) is 1. The largest absolute Gasteiger partial charge is 0.507 e. The van der Waals surface area contributed by atoms with Crippen LogP contribution in [0.15, 0.2) is 60.7 Å². The van der Waals surface area contributed by atoms with Crippen molar-refractivity contribution in [3.05, 3.63) is 66.2 Å². The summed E-state index contributed by atoms with van der Waals surface area (Å²) in [5.74, 6) is -1.32. The Morgan fingerprint density at radius 1 is 0.917 bits per heavy atom. The fourth-order valence-electron chi connectivity index (χ4n) is 2.27. The summed E-state index contributed by atoms with van der Waals surface area (Å²) in [6.07, 6.45) is -0.743. The van der Waals surface area contributed by atoms with Crippen LogP contribution in [0.5, 0.6) is 11.5 Å². The van der Waals surface area contributed by atoms with E-state index in [9.17, 15) is 14.7 Å². The second-order valence-electron chi connectivity index (χ2n) is 5.06. The number of phenols is 1. The molecule has 0 saturated carbocycles. The number of anilines is 1. The minimum absolute atomic E-state index is 0.225. The molecule has 0 unspecified atom stereocenters. The summed E-state index contributed by atoms with van der Waals surface area (Å²) in [7, 11) is 0. The molecule has 0 heterocycles. The zero-order chi connectivity index (χ0) is 17.1. The third-order valence-electron chi connectivity index (χ3n) is 3.41. The maximum atomic E-state index is 11.9. The summed E-state index contributed by atoms with van der Waals surface area (Å²) in [4.78, 5) is 22.7. The van der Waals surface area contributed by atoms with Gasteiger partial charge in [-0.1, -0.05) is 30.3 Å². The molecule has 3 N–H and O–H groups in total. The molecule has 6 nitrogen and oxygen atoms in total. The van der Waals surface area contributed by atoms with E-state index in [2.05, 4.69) is 5.32 Å². The van der Waals surface area contributed by atoms with Crippen LogP contribution in [0, 0.1) is 0 Å². The lowest BCUT2D eigenvalue weighted by atomic mass is 10.1. The zero-order valence-electron chi connectivity index (χ0n) is 12.4. The zero-order valence-corrected chi connectivity index (χ0v) is 12.4. The highest BCUT2D eigenvalue weighted by Crippen LogP contribution is 2.23. The Morgan fingerprint density at radius 3 is 2.38 bits per heavy atom. The van der Waals surface area contributed by atoms with E-state index < -0.39 is 17.8 Å². The van der Waals surface area contributed by atoms with Crippen LogP contribution in [-0.4, -0.2) is 22.3 Å². The van der Waals surface area contributed by atoms with Crippen molar-refractivity contribution in [2.45, 2.75) is 0 Å². The number of fused-ring (bicyclic) bond motifs is 1. The normalized spacial score (nSPS) is 10.3. The van der Waals surface area contributed by atoms with Crippen molar-refractivity contribution in [2.75, 3.05) is 5.32 Å². The van der Waals surface area contributed by atoms with E-state index in [1.54, 1.807) is 12.1 Å². The molecule has 3 aromatic rings. The van der Waals surface area contributed by atoms with Crippen LogP contribution in [0.1, 0.15) is 10.4 Å². The fraction of sp³-hybridized carbons (Fsp3) is 0. The van der Waals surface area contributed by atoms with Gasteiger partial charge in [-0.15, -0.1) is 0 Å². The Balaban J connectivity index is 1.72. The van der Waals surface area contributed by atoms with Crippen molar-refractivity contribution in [3.8, 4) is 11.5 Å². The highest BCUT2D eigenvalue weighted by Gasteiger charge is 2.12. The number of benzene rings is 3. The van der Waals surface area contributed by atoms with Crippen molar-refractivity contribution in [2.24, 2.45) is 0 Å². The van der Waals surface area contributed by atoms with Gasteiger partial charge in [0.1, 0.15) is 17.1 Å². The summed E-state index contributed by atoms with van der Waals surface area (Å²) in [6, 6.07) is 16.6. The van der Waals surface area contributed by atoms with Gasteiger partial charge in [0.05, 0.1) is 0 Å². The SMILES string of the molecule is O=C(Nc1ccc(C(=O)O)c(O)c1)Oc1ccc2ccccc2c1. The Labute approximate surface area is 136 Å². The molecule has 0 aliphatic carbocycles. The summed E-state index contributed by atoms with van der Waals surface area (Å²) >= 11 is 0. The molecule has 0 aromatic heterocycles. The molecule has 24 heavy (non-hydrogen) atoms. The predicted molar refractivity (Wildman–Crippen MR) is 88.7 cm³/mol. The Bertz CT molecular complexity index is 936. The number of carbonyl (C=O) groups excluding carboxylic acids is 1. The molecule has 0 saturated heterocycles. The van der Waals surface area contributed by atoms with Crippen LogP contribution in [0.2, 0.25) is 0 Å². The molecular weight excluding hydrogens is 310 g/mol. The van der Waals surface area contributed by atoms with E-state index in [1.807, 2.05) is 30.3 Å². The van der Waals surface area contributed by atoms with Crippen molar-refractivity contribution in [3.63, 3.8) is 0 Å². The first-order chi connectivity index (χ1) is 11.5. The number of nitrogens with one attached hydrogen (secondary N) is 1. The third kappa shape index (κ3) is 3.27. The maximum Gasteiger partial charge on any atom is 0.417 e. The van der Waals surface area contributed by atoms with Crippen molar-refractivity contribution < 1.29 is 24.5 Å². The molecule has 0 bridgehead atoms. The van der Waals surface area contributed by atoms with Gasteiger partial charge in [0.2, 0.25) is 0 Å². The first-order valence-electron chi connectivity index (χ1n) is 7.07. The number of aromatic carboxylic acids is 1. The number of carbonyl (C=O) groups is 2. The average Bonchev–Trinajstić information content (AvgIpc) is 2.54. The molecule has 120 valence electrons. The van der Waals surface area contributed by atoms with Gasteiger partial charge in [-0.3, -0.25) is 5.32 Å². The van der Waals surface area contributed by atoms with E-state index >= 15 is 0 Å². The molecular formula is C18H13NO5. The van der Waals surface area contributed by atoms with Gasteiger partial charge in [0.25, 0.3) is 0 Å². The van der Waals surface area contributed by atoms with Crippen LogP contribution in [-0.2, 0) is 0 Å². The molecule has 0 aliphatic rings. The van der Waals surface area contributed by atoms with Crippen LogP contribution < -0.4 is 10.1 Å². The lowest BCUT2D eigenvalue weighted by Gasteiger charge is -2.08. The molecule has 3 aromatic carbocycles. The van der Waals surface area contributed by atoms with E-state index in [0.29, 0.717) is 5.75 Å². The second kappa shape index (κ2) is 6.29. The quantitative estimate of drug-likeness (QED) is 0.680. The number of hydrogen-bond donors (Lipinski definition) is 3. The summed E-state index contributed by atoms with van der Waals surface area (Å²) in [5, 5.41) is 22.9. The van der Waals surface area contributed by atoms with Gasteiger partial charge in [0, 0.05) is 11.8 Å². The number of carboxylic acids is 1. The van der Waals surface area contributed by atoms with E-state index in [0.717, 1.165) is 16.8 Å². The molecule has 1 amide bonds. The van der Waals surface area contributed by atoms with Crippen molar-refractivity contribution >= 4 is 28.5 Å². The number of rotatable bonds is 3. The molecule has 0 fully saturated rings. The fourth-order valence-corrected chi connectivity index (χ4v) is 2.27. The number of ether oxygens (including phenoxy) is 1. The Hall–Kier alpha value is -3.54. The van der Waals surface area contributed by atoms with Crippen LogP contribution in [0.4, 0.5) is 10.5 Å². The predicted octanol–water partition coefficient (Wildman–Crippen LogP) is 3.85. The standard InChI is InChI=1S/C18H13NO5/c20-16-10-13(6-8-15(16)17(21)22)19-18(23)24-14-7-5-11-3-1-2-4-12(11)9-14/h1-10,20H,(H,19,23)(H,21,22).